The molecule has 0 unspecified atom stereocenters. The van der Waals surface area contributed by atoms with Gasteiger partial charge in [0, 0.05) is 22.5 Å². The van der Waals surface area contributed by atoms with Crippen LogP contribution in [-0.4, -0.2) is 19.7 Å². The van der Waals surface area contributed by atoms with Crippen molar-refractivity contribution in [1.29, 1.82) is 0 Å². The first-order chi connectivity index (χ1) is 8.92. The van der Waals surface area contributed by atoms with Crippen LogP contribution in [0.15, 0.2) is 54.9 Å². The van der Waals surface area contributed by atoms with Gasteiger partial charge < -0.3 is 4.98 Å². The van der Waals surface area contributed by atoms with Crippen LogP contribution in [0.25, 0.3) is 27.8 Å². The number of rotatable bonds is 1. The minimum atomic E-state index is 0.865. The predicted octanol–water partition coefficient (Wildman–Crippen LogP) is 2.90. The Kier molecular flexibility index (Phi) is 1.80. The van der Waals surface area contributed by atoms with Crippen molar-refractivity contribution < 1.29 is 0 Å². The molecule has 0 amide bonds. The first kappa shape index (κ1) is 9.41. The standard InChI is InChI=1S/C14H10N4/c1-2-6-12-10(4-1)8-13(17-12)18-14-11(9-16-18)5-3-7-15-14/h1-9,17H. The van der Waals surface area contributed by atoms with Gasteiger partial charge in [0.15, 0.2) is 5.65 Å². The lowest BCUT2D eigenvalue weighted by Gasteiger charge is -1.97. The molecule has 4 aromatic rings. The second kappa shape index (κ2) is 3.43. The van der Waals surface area contributed by atoms with E-state index in [1.165, 1.54) is 5.39 Å². The monoisotopic (exact) mass is 234 g/mol. The molecule has 0 saturated carbocycles. The normalized spacial score (nSPS) is 11.3. The number of hydrogen-bond acceptors (Lipinski definition) is 2. The number of nitrogens with one attached hydrogen (secondary N) is 1. The van der Waals surface area contributed by atoms with E-state index in [0.29, 0.717) is 0 Å². The second-order valence-electron chi connectivity index (χ2n) is 4.21. The number of pyridine rings is 1. The van der Waals surface area contributed by atoms with Gasteiger partial charge in [-0.05, 0) is 24.3 Å². The molecule has 0 aliphatic heterocycles. The average Bonchev–Trinajstić information content (AvgIpc) is 3.02. The number of aromatic nitrogens is 4. The number of nitrogens with zero attached hydrogens (tertiary/aromatic N) is 3. The molecule has 0 aliphatic rings. The lowest BCUT2D eigenvalue weighted by Crippen LogP contribution is -1.97. The molecule has 4 nitrogen and oxygen atoms in total. The Bertz CT molecular complexity index is 808. The van der Waals surface area contributed by atoms with Crippen molar-refractivity contribution in [3.63, 3.8) is 0 Å². The van der Waals surface area contributed by atoms with Gasteiger partial charge in [0.05, 0.1) is 6.20 Å². The van der Waals surface area contributed by atoms with E-state index in [4.69, 9.17) is 0 Å². The van der Waals surface area contributed by atoms with Gasteiger partial charge in [-0.15, -0.1) is 0 Å². The lowest BCUT2D eigenvalue weighted by molar-refractivity contribution is 0.874. The fourth-order valence-corrected chi connectivity index (χ4v) is 2.21. The minimum Gasteiger partial charge on any atom is -0.340 e. The Morgan fingerprint density at radius 1 is 1.00 bits per heavy atom. The van der Waals surface area contributed by atoms with Crippen LogP contribution in [-0.2, 0) is 0 Å². The summed E-state index contributed by atoms with van der Waals surface area (Å²) in [5, 5.41) is 6.60. The Morgan fingerprint density at radius 3 is 2.83 bits per heavy atom. The summed E-state index contributed by atoms with van der Waals surface area (Å²) in [6, 6.07) is 14.2. The van der Waals surface area contributed by atoms with Crippen molar-refractivity contribution in [2.75, 3.05) is 0 Å². The van der Waals surface area contributed by atoms with Gasteiger partial charge in [-0.1, -0.05) is 18.2 Å². The van der Waals surface area contributed by atoms with E-state index in [-0.39, 0.29) is 0 Å². The number of H-pyrrole nitrogens is 1. The third-order valence-electron chi connectivity index (χ3n) is 3.07. The summed E-state index contributed by atoms with van der Waals surface area (Å²) in [7, 11) is 0. The van der Waals surface area contributed by atoms with Crippen molar-refractivity contribution in [2.45, 2.75) is 0 Å². The van der Waals surface area contributed by atoms with Gasteiger partial charge in [0.25, 0.3) is 0 Å². The Labute approximate surface area is 103 Å². The maximum atomic E-state index is 4.38. The highest BCUT2D eigenvalue weighted by Crippen LogP contribution is 2.20. The molecule has 1 N–H and O–H groups in total. The van der Waals surface area contributed by atoms with Gasteiger partial charge in [-0.3, -0.25) is 0 Å². The number of benzene rings is 1. The molecule has 0 fully saturated rings. The molecular weight excluding hydrogens is 224 g/mol. The third kappa shape index (κ3) is 1.26. The van der Waals surface area contributed by atoms with E-state index in [0.717, 1.165) is 22.4 Å². The summed E-state index contributed by atoms with van der Waals surface area (Å²) in [6.45, 7) is 0. The quantitative estimate of drug-likeness (QED) is 0.550. The van der Waals surface area contributed by atoms with Crippen LogP contribution in [0.1, 0.15) is 0 Å². The summed E-state index contributed by atoms with van der Waals surface area (Å²) in [6.07, 6.45) is 3.61. The number of fused-ring (bicyclic) bond motifs is 2. The first-order valence-electron chi connectivity index (χ1n) is 5.79. The Balaban J connectivity index is 2.01. The highest BCUT2D eigenvalue weighted by Gasteiger charge is 2.07. The van der Waals surface area contributed by atoms with Crippen molar-refractivity contribution in [2.24, 2.45) is 0 Å². The first-order valence-corrected chi connectivity index (χ1v) is 5.79. The van der Waals surface area contributed by atoms with Crippen LogP contribution in [0, 0.1) is 0 Å². The summed E-state index contributed by atoms with van der Waals surface area (Å²) < 4.78 is 1.83. The molecule has 0 radical (unpaired) electrons. The van der Waals surface area contributed by atoms with Crippen LogP contribution in [0.3, 0.4) is 0 Å². The largest absolute Gasteiger partial charge is 0.340 e. The average molecular weight is 234 g/mol. The molecule has 18 heavy (non-hydrogen) atoms. The van der Waals surface area contributed by atoms with Crippen LogP contribution in [0.4, 0.5) is 0 Å². The van der Waals surface area contributed by atoms with Gasteiger partial charge in [-0.2, -0.15) is 9.78 Å². The van der Waals surface area contributed by atoms with Gasteiger partial charge in [0.2, 0.25) is 0 Å². The maximum Gasteiger partial charge on any atom is 0.164 e. The summed E-state index contributed by atoms with van der Waals surface area (Å²) in [5.41, 5.74) is 1.97. The Hall–Kier alpha value is -2.62. The molecule has 86 valence electrons. The van der Waals surface area contributed by atoms with Crippen molar-refractivity contribution in [3.8, 4) is 5.82 Å². The van der Waals surface area contributed by atoms with E-state index in [1.54, 1.807) is 6.20 Å². The van der Waals surface area contributed by atoms with E-state index < -0.39 is 0 Å². The highest BCUT2D eigenvalue weighted by molar-refractivity contribution is 5.83. The molecule has 3 heterocycles. The topological polar surface area (TPSA) is 46.5 Å². The second-order valence-corrected chi connectivity index (χ2v) is 4.21. The van der Waals surface area contributed by atoms with Crippen LogP contribution >= 0.6 is 0 Å². The van der Waals surface area contributed by atoms with Gasteiger partial charge >= 0.3 is 0 Å². The molecular formula is C14H10N4. The van der Waals surface area contributed by atoms with Crippen molar-refractivity contribution in [1.82, 2.24) is 19.7 Å². The van der Waals surface area contributed by atoms with Crippen LogP contribution in [0.2, 0.25) is 0 Å². The maximum absolute atomic E-state index is 4.38. The minimum absolute atomic E-state index is 0.865. The van der Waals surface area contributed by atoms with Gasteiger partial charge in [-0.25, -0.2) is 4.98 Å². The van der Waals surface area contributed by atoms with Crippen LogP contribution in [0.5, 0.6) is 0 Å². The lowest BCUT2D eigenvalue weighted by atomic mass is 10.2. The zero-order chi connectivity index (χ0) is 11.9. The van der Waals surface area contributed by atoms with E-state index in [2.05, 4.69) is 33.3 Å². The summed E-state index contributed by atoms with van der Waals surface area (Å²) in [4.78, 5) is 7.72. The van der Waals surface area contributed by atoms with E-state index in [9.17, 15) is 0 Å². The molecule has 0 saturated heterocycles. The van der Waals surface area contributed by atoms with Gasteiger partial charge in [0.1, 0.15) is 5.82 Å². The molecule has 0 bridgehead atoms. The summed E-state index contributed by atoms with van der Waals surface area (Å²) in [5.74, 6) is 0.935. The van der Waals surface area contributed by atoms with Crippen molar-refractivity contribution >= 4 is 21.9 Å². The number of aromatic amines is 1. The SMILES string of the molecule is c1ccc2[nH]c(-n3ncc4cccnc43)cc2c1. The predicted molar refractivity (Wildman–Crippen MR) is 70.7 cm³/mol. The molecule has 0 spiro atoms. The fourth-order valence-electron chi connectivity index (χ4n) is 2.21. The third-order valence-corrected chi connectivity index (χ3v) is 3.07. The zero-order valence-electron chi connectivity index (χ0n) is 9.54. The Morgan fingerprint density at radius 2 is 1.89 bits per heavy atom. The number of hydrogen-bond donors (Lipinski definition) is 1. The smallest absolute Gasteiger partial charge is 0.164 e. The van der Waals surface area contributed by atoms with E-state index in [1.807, 2.05) is 35.1 Å². The van der Waals surface area contributed by atoms with Crippen molar-refractivity contribution in [3.05, 3.63) is 54.9 Å². The molecule has 4 rings (SSSR count). The molecule has 3 aromatic heterocycles. The van der Waals surface area contributed by atoms with E-state index >= 15 is 0 Å². The highest BCUT2D eigenvalue weighted by atomic mass is 15.3. The molecule has 1 aromatic carbocycles. The molecule has 0 aliphatic carbocycles. The number of para-hydroxylation sites is 1. The fraction of sp³-hybridized carbons (Fsp3) is 0. The zero-order valence-corrected chi connectivity index (χ0v) is 9.54. The molecule has 0 atom stereocenters. The summed E-state index contributed by atoms with van der Waals surface area (Å²) >= 11 is 0. The van der Waals surface area contributed by atoms with Crippen LogP contribution < -0.4 is 0 Å². The molecule has 4 heteroatoms.